The van der Waals surface area contributed by atoms with Crippen molar-refractivity contribution in [2.75, 3.05) is 0 Å². The molecule has 1 heterocycles. The van der Waals surface area contributed by atoms with E-state index in [0.717, 1.165) is 12.8 Å². The van der Waals surface area contributed by atoms with Gasteiger partial charge in [0.05, 0.1) is 0 Å². The van der Waals surface area contributed by atoms with Crippen molar-refractivity contribution < 1.29 is 9.59 Å². The van der Waals surface area contributed by atoms with Gasteiger partial charge < -0.3 is 11.1 Å². The summed E-state index contributed by atoms with van der Waals surface area (Å²) in [5.74, 6) is -0.757. The van der Waals surface area contributed by atoms with Crippen LogP contribution in [0.2, 0.25) is 0 Å². The number of amides is 2. The van der Waals surface area contributed by atoms with Gasteiger partial charge >= 0.3 is 0 Å². The number of carbonyl (C=O) groups is 2. The van der Waals surface area contributed by atoms with Crippen LogP contribution in [-0.4, -0.2) is 23.7 Å². The molecule has 2 atom stereocenters. The number of rotatable bonds is 5. The smallest absolute Gasteiger partial charge is 0.259 e. The fourth-order valence-corrected chi connectivity index (χ4v) is 1.61. The van der Waals surface area contributed by atoms with E-state index in [-0.39, 0.29) is 17.9 Å². The topological polar surface area (TPSA) is 84.6 Å². The van der Waals surface area contributed by atoms with Crippen molar-refractivity contribution in [3.63, 3.8) is 0 Å². The standard InChI is InChI=1S/C11H19N3O2/c1-3-5-8-10(15)13-9(14-11(8)16)6-7(12)4-2/h7-8H,3-6,12H2,1-2H3,(H,13,14,15,16). The van der Waals surface area contributed by atoms with Crippen LogP contribution < -0.4 is 11.1 Å². The molecule has 0 aromatic rings. The monoisotopic (exact) mass is 225 g/mol. The van der Waals surface area contributed by atoms with Crippen molar-refractivity contribution in [3.05, 3.63) is 0 Å². The van der Waals surface area contributed by atoms with Crippen molar-refractivity contribution in [3.8, 4) is 0 Å². The van der Waals surface area contributed by atoms with Crippen molar-refractivity contribution in [1.29, 1.82) is 0 Å². The maximum atomic E-state index is 11.6. The quantitative estimate of drug-likeness (QED) is 0.671. The molecule has 5 nitrogen and oxygen atoms in total. The molecule has 16 heavy (non-hydrogen) atoms. The molecule has 2 unspecified atom stereocenters. The lowest BCUT2D eigenvalue weighted by atomic mass is 10.00. The highest BCUT2D eigenvalue weighted by Crippen LogP contribution is 2.13. The molecule has 0 aliphatic carbocycles. The first-order valence-electron chi connectivity index (χ1n) is 5.76. The number of hydrogen-bond donors (Lipinski definition) is 2. The number of nitrogens with one attached hydrogen (secondary N) is 1. The second-order valence-corrected chi connectivity index (χ2v) is 4.10. The summed E-state index contributed by atoms with van der Waals surface area (Å²) in [5, 5.41) is 2.66. The van der Waals surface area contributed by atoms with E-state index in [9.17, 15) is 9.59 Å². The normalized spacial score (nSPS) is 22.7. The Hall–Kier alpha value is -1.23. The average Bonchev–Trinajstić information content (AvgIpc) is 2.23. The van der Waals surface area contributed by atoms with Crippen LogP contribution in [0, 0.1) is 5.92 Å². The summed E-state index contributed by atoms with van der Waals surface area (Å²) in [6, 6.07) is -0.0606. The second kappa shape index (κ2) is 5.75. The molecule has 0 bridgehead atoms. The van der Waals surface area contributed by atoms with Crippen LogP contribution >= 0.6 is 0 Å². The van der Waals surface area contributed by atoms with E-state index in [4.69, 9.17) is 5.73 Å². The molecular formula is C11H19N3O2. The van der Waals surface area contributed by atoms with Gasteiger partial charge in [0, 0.05) is 12.5 Å². The molecule has 0 fully saturated rings. The van der Waals surface area contributed by atoms with Crippen LogP contribution in [-0.2, 0) is 9.59 Å². The predicted octanol–water partition coefficient (Wildman–Crippen LogP) is 0.585. The summed E-state index contributed by atoms with van der Waals surface area (Å²) < 4.78 is 0. The largest absolute Gasteiger partial charge is 0.327 e. The van der Waals surface area contributed by atoms with Gasteiger partial charge in [0.25, 0.3) is 5.91 Å². The van der Waals surface area contributed by atoms with Crippen LogP contribution in [0.5, 0.6) is 0 Å². The second-order valence-electron chi connectivity index (χ2n) is 4.10. The summed E-state index contributed by atoms with van der Waals surface area (Å²) in [5.41, 5.74) is 5.74. The Kier molecular flexibility index (Phi) is 4.61. The van der Waals surface area contributed by atoms with E-state index >= 15 is 0 Å². The van der Waals surface area contributed by atoms with Gasteiger partial charge in [-0.15, -0.1) is 0 Å². The fraction of sp³-hybridized carbons (Fsp3) is 0.727. The highest BCUT2D eigenvalue weighted by Gasteiger charge is 2.30. The van der Waals surface area contributed by atoms with Gasteiger partial charge in [-0.2, -0.15) is 4.99 Å². The molecule has 0 aromatic heterocycles. The molecule has 0 radical (unpaired) electrons. The Morgan fingerprint density at radius 1 is 1.44 bits per heavy atom. The molecule has 0 saturated carbocycles. The third-order valence-electron chi connectivity index (χ3n) is 2.68. The van der Waals surface area contributed by atoms with Crippen molar-refractivity contribution in [2.24, 2.45) is 16.6 Å². The van der Waals surface area contributed by atoms with E-state index in [1.807, 2.05) is 13.8 Å². The van der Waals surface area contributed by atoms with Gasteiger partial charge in [0.1, 0.15) is 11.8 Å². The minimum atomic E-state index is -0.605. The Morgan fingerprint density at radius 2 is 2.12 bits per heavy atom. The van der Waals surface area contributed by atoms with Gasteiger partial charge in [-0.3, -0.25) is 9.59 Å². The number of nitrogens with two attached hydrogens (primary N) is 1. The van der Waals surface area contributed by atoms with Gasteiger partial charge in [-0.25, -0.2) is 0 Å². The predicted molar refractivity (Wildman–Crippen MR) is 61.9 cm³/mol. The zero-order chi connectivity index (χ0) is 12.1. The SMILES string of the molecule is CCCC1C(=O)N=C(CC(N)CC)NC1=O. The molecule has 1 aliphatic heterocycles. The summed E-state index contributed by atoms with van der Waals surface area (Å²) in [7, 11) is 0. The molecule has 3 N–H and O–H groups in total. The van der Waals surface area contributed by atoms with Crippen LogP contribution in [0.1, 0.15) is 39.5 Å². The van der Waals surface area contributed by atoms with Crippen molar-refractivity contribution >= 4 is 17.6 Å². The van der Waals surface area contributed by atoms with E-state index in [1.54, 1.807) is 0 Å². The first-order chi connectivity index (χ1) is 7.58. The van der Waals surface area contributed by atoms with Gasteiger partial charge in [0.15, 0.2) is 0 Å². The maximum absolute atomic E-state index is 11.6. The summed E-state index contributed by atoms with van der Waals surface area (Å²) in [6.07, 6.45) is 2.60. The van der Waals surface area contributed by atoms with Crippen molar-refractivity contribution in [2.45, 2.75) is 45.6 Å². The highest BCUT2D eigenvalue weighted by molar-refractivity contribution is 6.15. The van der Waals surface area contributed by atoms with Crippen LogP contribution in [0.15, 0.2) is 4.99 Å². The fourth-order valence-electron chi connectivity index (χ4n) is 1.61. The first kappa shape index (κ1) is 12.8. The minimum absolute atomic E-state index is 0.0606. The van der Waals surface area contributed by atoms with Crippen molar-refractivity contribution in [1.82, 2.24) is 5.32 Å². The minimum Gasteiger partial charge on any atom is -0.327 e. The lowest BCUT2D eigenvalue weighted by Gasteiger charge is -2.21. The van der Waals surface area contributed by atoms with Crippen LogP contribution in [0.4, 0.5) is 0 Å². The molecule has 1 rings (SSSR count). The maximum Gasteiger partial charge on any atom is 0.259 e. The molecule has 0 spiro atoms. The van der Waals surface area contributed by atoms with Crippen LogP contribution in [0.25, 0.3) is 0 Å². The van der Waals surface area contributed by atoms with Gasteiger partial charge in [-0.1, -0.05) is 20.3 Å². The first-order valence-corrected chi connectivity index (χ1v) is 5.76. The van der Waals surface area contributed by atoms with E-state index in [2.05, 4.69) is 10.3 Å². The molecule has 1 aliphatic rings. The zero-order valence-electron chi connectivity index (χ0n) is 9.82. The molecule has 0 aromatic carbocycles. The van der Waals surface area contributed by atoms with E-state index < -0.39 is 5.92 Å². The van der Waals surface area contributed by atoms with Gasteiger partial charge in [-0.05, 0) is 12.8 Å². The number of nitrogens with zero attached hydrogens (tertiary/aromatic N) is 1. The summed E-state index contributed by atoms with van der Waals surface area (Å²) in [4.78, 5) is 27.1. The Balaban J connectivity index is 2.68. The number of carbonyl (C=O) groups excluding carboxylic acids is 2. The lowest BCUT2D eigenvalue weighted by Crippen LogP contribution is -2.45. The number of hydrogen-bond acceptors (Lipinski definition) is 3. The molecule has 0 saturated heterocycles. The highest BCUT2D eigenvalue weighted by atomic mass is 16.2. The number of amidine groups is 1. The zero-order valence-corrected chi connectivity index (χ0v) is 9.82. The van der Waals surface area contributed by atoms with Crippen LogP contribution in [0.3, 0.4) is 0 Å². The lowest BCUT2D eigenvalue weighted by molar-refractivity contribution is -0.133. The molecule has 90 valence electrons. The Bertz CT molecular complexity index is 312. The Morgan fingerprint density at radius 3 is 2.62 bits per heavy atom. The third-order valence-corrected chi connectivity index (χ3v) is 2.68. The number of aliphatic imine (C=N–C) groups is 1. The van der Waals surface area contributed by atoms with E-state index in [1.165, 1.54) is 0 Å². The summed E-state index contributed by atoms with van der Waals surface area (Å²) >= 11 is 0. The van der Waals surface area contributed by atoms with E-state index in [0.29, 0.717) is 18.7 Å². The average molecular weight is 225 g/mol. The third kappa shape index (κ3) is 3.13. The molecule has 5 heteroatoms. The van der Waals surface area contributed by atoms with Gasteiger partial charge in [0.2, 0.25) is 5.91 Å². The molecule has 2 amide bonds. The Labute approximate surface area is 95.5 Å². The molecular weight excluding hydrogens is 206 g/mol. The summed E-state index contributed by atoms with van der Waals surface area (Å²) in [6.45, 7) is 3.89.